The highest BCUT2D eigenvalue weighted by Gasteiger charge is 2.30. The van der Waals surface area contributed by atoms with Gasteiger partial charge in [0.2, 0.25) is 10.0 Å². The summed E-state index contributed by atoms with van der Waals surface area (Å²) in [7, 11) is -4.36. The maximum absolute atomic E-state index is 12.6. The normalized spacial score (nSPS) is 12.1. The fourth-order valence-corrected chi connectivity index (χ4v) is 4.20. The van der Waals surface area contributed by atoms with Gasteiger partial charge in [0.25, 0.3) is 11.5 Å². The third-order valence-electron chi connectivity index (χ3n) is 4.45. The van der Waals surface area contributed by atoms with E-state index in [1.54, 1.807) is 6.92 Å². The summed E-state index contributed by atoms with van der Waals surface area (Å²) in [5.74, 6) is -0.545. The number of nitrogens with zero attached hydrogens (tertiary/aromatic N) is 1. The van der Waals surface area contributed by atoms with Crippen LogP contribution in [-0.2, 0) is 16.6 Å². The molecule has 32 heavy (non-hydrogen) atoms. The Morgan fingerprint density at radius 3 is 2.41 bits per heavy atom. The van der Waals surface area contributed by atoms with Gasteiger partial charge in [-0.05, 0) is 61.6 Å². The first-order valence-electron chi connectivity index (χ1n) is 9.16. The summed E-state index contributed by atoms with van der Waals surface area (Å²) in [6.45, 7) is 0.480. The molecule has 1 amide bonds. The molecule has 0 aliphatic carbocycles. The molecule has 0 spiro atoms. The van der Waals surface area contributed by atoms with Crippen molar-refractivity contribution >= 4 is 44.7 Å². The lowest BCUT2D eigenvalue weighted by Crippen LogP contribution is -2.33. The summed E-state index contributed by atoms with van der Waals surface area (Å²) in [5, 5.41) is 2.91. The van der Waals surface area contributed by atoms with E-state index in [0.29, 0.717) is 17.4 Å². The molecular weight excluding hydrogens is 469 g/mol. The highest BCUT2D eigenvalue weighted by molar-refractivity contribution is 7.89. The molecule has 3 aromatic rings. The minimum atomic E-state index is -4.69. The van der Waals surface area contributed by atoms with Crippen molar-refractivity contribution in [2.75, 3.05) is 11.9 Å². The quantitative estimate of drug-likeness (QED) is 0.464. The van der Waals surface area contributed by atoms with Gasteiger partial charge in [-0.3, -0.25) is 14.2 Å². The van der Waals surface area contributed by atoms with Gasteiger partial charge in [0, 0.05) is 17.8 Å². The fourth-order valence-electron chi connectivity index (χ4n) is 2.86. The molecule has 0 saturated carbocycles. The standard InChI is InChI=1S/C19H17F3N4O4S2/c1-2-26-17(28)14-8-3-11(9-15(14)25-18(26)31)16(27)24-12-4-6-13(7-5-12)32(29,30)23-10-19(20,21)22/h3-9,23H,2,10H2,1H3,(H,24,27)(H,25,31). The molecule has 2 aromatic carbocycles. The molecule has 170 valence electrons. The van der Waals surface area contributed by atoms with Crippen LogP contribution >= 0.6 is 12.2 Å². The molecular formula is C19H17F3N4O4S2. The van der Waals surface area contributed by atoms with Crippen molar-refractivity contribution in [3.8, 4) is 0 Å². The van der Waals surface area contributed by atoms with Gasteiger partial charge >= 0.3 is 6.18 Å². The van der Waals surface area contributed by atoms with E-state index in [9.17, 15) is 31.2 Å². The van der Waals surface area contributed by atoms with Crippen LogP contribution in [0.25, 0.3) is 10.9 Å². The maximum Gasteiger partial charge on any atom is 0.402 e. The minimum absolute atomic E-state index is 0.209. The van der Waals surface area contributed by atoms with Crippen LogP contribution in [0.4, 0.5) is 18.9 Å². The zero-order chi connectivity index (χ0) is 23.7. The van der Waals surface area contributed by atoms with Crippen LogP contribution in [0, 0.1) is 4.77 Å². The lowest BCUT2D eigenvalue weighted by molar-refractivity contribution is -0.121. The molecule has 3 N–H and O–H groups in total. The van der Waals surface area contributed by atoms with Crippen LogP contribution in [0.3, 0.4) is 0 Å². The fraction of sp³-hybridized carbons (Fsp3) is 0.211. The number of H-pyrrole nitrogens is 1. The number of carbonyl (C=O) groups is 1. The monoisotopic (exact) mass is 486 g/mol. The average molecular weight is 486 g/mol. The molecule has 0 unspecified atom stereocenters. The van der Waals surface area contributed by atoms with Gasteiger partial charge in [0.15, 0.2) is 4.77 Å². The summed E-state index contributed by atoms with van der Waals surface area (Å²) >= 11 is 5.15. The number of aromatic nitrogens is 2. The SMILES string of the molecule is CCn1c(=S)[nH]c2cc(C(=O)Nc3ccc(S(=O)(=O)NCC(F)(F)F)cc3)ccc2c1=O. The second-order valence-corrected chi connectivity index (χ2v) is 8.81. The van der Waals surface area contributed by atoms with Crippen LogP contribution in [0.15, 0.2) is 52.2 Å². The lowest BCUT2D eigenvalue weighted by atomic mass is 10.1. The van der Waals surface area contributed by atoms with Crippen LogP contribution in [0.1, 0.15) is 17.3 Å². The molecule has 0 saturated heterocycles. The van der Waals surface area contributed by atoms with E-state index in [2.05, 4.69) is 10.3 Å². The Kier molecular flexibility index (Phi) is 6.53. The van der Waals surface area contributed by atoms with Gasteiger partial charge in [-0.2, -0.15) is 13.2 Å². The zero-order valence-electron chi connectivity index (χ0n) is 16.5. The van der Waals surface area contributed by atoms with Crippen molar-refractivity contribution in [3.63, 3.8) is 0 Å². The van der Waals surface area contributed by atoms with E-state index in [-0.39, 0.29) is 26.5 Å². The van der Waals surface area contributed by atoms with E-state index in [0.717, 1.165) is 12.1 Å². The van der Waals surface area contributed by atoms with Crippen molar-refractivity contribution in [1.82, 2.24) is 14.3 Å². The number of halogens is 3. The molecule has 13 heteroatoms. The van der Waals surface area contributed by atoms with Gasteiger partial charge < -0.3 is 10.3 Å². The van der Waals surface area contributed by atoms with Crippen molar-refractivity contribution in [2.45, 2.75) is 24.5 Å². The Morgan fingerprint density at radius 2 is 1.81 bits per heavy atom. The minimum Gasteiger partial charge on any atom is -0.332 e. The van der Waals surface area contributed by atoms with E-state index in [4.69, 9.17) is 12.2 Å². The number of sulfonamides is 1. The number of hydrogen-bond acceptors (Lipinski definition) is 5. The molecule has 0 radical (unpaired) electrons. The molecule has 8 nitrogen and oxygen atoms in total. The van der Waals surface area contributed by atoms with Gasteiger partial charge in [0.05, 0.1) is 15.8 Å². The number of hydrogen-bond donors (Lipinski definition) is 3. The van der Waals surface area contributed by atoms with Gasteiger partial charge in [-0.15, -0.1) is 0 Å². The van der Waals surface area contributed by atoms with Gasteiger partial charge in [0.1, 0.15) is 6.54 Å². The second-order valence-electron chi connectivity index (χ2n) is 6.66. The highest BCUT2D eigenvalue weighted by Crippen LogP contribution is 2.18. The smallest absolute Gasteiger partial charge is 0.332 e. The van der Waals surface area contributed by atoms with E-state index in [1.807, 2.05) is 0 Å². The number of fused-ring (bicyclic) bond motifs is 1. The lowest BCUT2D eigenvalue weighted by Gasteiger charge is -2.11. The predicted octanol–water partition coefficient (Wildman–Crippen LogP) is 3.17. The van der Waals surface area contributed by atoms with Crippen LogP contribution < -0.4 is 15.6 Å². The predicted molar refractivity (Wildman–Crippen MR) is 115 cm³/mol. The van der Waals surface area contributed by atoms with Crippen molar-refractivity contribution < 1.29 is 26.4 Å². The Bertz CT molecular complexity index is 1400. The first kappa shape index (κ1) is 23.6. The Morgan fingerprint density at radius 1 is 1.16 bits per heavy atom. The zero-order valence-corrected chi connectivity index (χ0v) is 18.1. The Hall–Kier alpha value is -3.03. The highest BCUT2D eigenvalue weighted by atomic mass is 32.2. The maximum atomic E-state index is 12.6. The number of nitrogens with one attached hydrogen (secondary N) is 3. The van der Waals surface area contributed by atoms with E-state index in [1.165, 1.54) is 39.6 Å². The Balaban J connectivity index is 1.79. The van der Waals surface area contributed by atoms with Gasteiger partial charge in [-0.25, -0.2) is 13.1 Å². The summed E-state index contributed by atoms with van der Waals surface area (Å²) in [6.07, 6.45) is -4.69. The van der Waals surface area contributed by atoms with E-state index < -0.39 is 28.7 Å². The van der Waals surface area contributed by atoms with Crippen LogP contribution in [0.5, 0.6) is 0 Å². The summed E-state index contributed by atoms with van der Waals surface area (Å²) in [5.41, 5.74) is 0.531. The molecule has 0 aliphatic heterocycles. The first-order valence-corrected chi connectivity index (χ1v) is 11.0. The molecule has 0 atom stereocenters. The Labute approximate surface area is 185 Å². The number of carbonyl (C=O) groups excluding carboxylic acids is 1. The molecule has 3 rings (SSSR count). The number of aromatic amines is 1. The molecule has 1 aromatic heterocycles. The van der Waals surface area contributed by atoms with Crippen molar-refractivity contribution in [3.05, 3.63) is 63.2 Å². The molecule has 0 fully saturated rings. The summed E-state index contributed by atoms with van der Waals surface area (Å²) in [6, 6.07) is 9.03. The number of anilines is 1. The molecule has 0 bridgehead atoms. The number of amides is 1. The number of alkyl halides is 3. The van der Waals surface area contributed by atoms with Crippen molar-refractivity contribution in [2.24, 2.45) is 0 Å². The number of rotatable bonds is 6. The van der Waals surface area contributed by atoms with Crippen molar-refractivity contribution in [1.29, 1.82) is 0 Å². The summed E-state index contributed by atoms with van der Waals surface area (Å²) < 4.78 is 63.7. The van der Waals surface area contributed by atoms with Gasteiger partial charge in [-0.1, -0.05) is 0 Å². The second kappa shape index (κ2) is 8.84. The third kappa shape index (κ3) is 5.23. The molecule has 1 heterocycles. The van der Waals surface area contributed by atoms with Crippen LogP contribution in [0.2, 0.25) is 0 Å². The molecule has 0 aliphatic rings. The van der Waals surface area contributed by atoms with E-state index >= 15 is 0 Å². The third-order valence-corrected chi connectivity index (χ3v) is 6.19. The number of benzene rings is 2. The first-order chi connectivity index (χ1) is 14.9. The van der Waals surface area contributed by atoms with Crippen LogP contribution in [-0.4, -0.2) is 36.6 Å². The largest absolute Gasteiger partial charge is 0.402 e. The average Bonchev–Trinajstić information content (AvgIpc) is 2.72. The topological polar surface area (TPSA) is 113 Å². The summed E-state index contributed by atoms with van der Waals surface area (Å²) in [4.78, 5) is 27.5.